The number of carbonyl (C=O) groups excluding carboxylic acids is 2. The number of benzene rings is 1. The highest BCUT2D eigenvalue weighted by Crippen LogP contribution is 2.35. The molecule has 2 atom stereocenters. The number of carbonyl (C=O) groups is 2. The molecule has 176 valence electrons. The molecule has 3 aliphatic heterocycles. The first kappa shape index (κ1) is 23.0. The number of anilines is 1. The van der Waals surface area contributed by atoms with Crippen molar-refractivity contribution >= 4 is 27.5 Å². The number of likely N-dealkylation sites (tertiary alicyclic amines) is 1. The van der Waals surface area contributed by atoms with Crippen LogP contribution < -0.4 is 9.64 Å². The summed E-state index contributed by atoms with van der Waals surface area (Å²) in [4.78, 5) is 29.1. The van der Waals surface area contributed by atoms with E-state index in [0.29, 0.717) is 49.5 Å². The van der Waals surface area contributed by atoms with Crippen LogP contribution in [0, 0.1) is 11.8 Å². The molecule has 0 saturated carbocycles. The fraction of sp³-hybridized carbons (Fsp3) is 0.652. The van der Waals surface area contributed by atoms with Crippen LogP contribution in [-0.2, 0) is 19.6 Å². The van der Waals surface area contributed by atoms with Crippen molar-refractivity contribution in [2.45, 2.75) is 50.8 Å². The molecule has 8 nitrogen and oxygen atoms in total. The van der Waals surface area contributed by atoms with Gasteiger partial charge >= 0.3 is 0 Å². The van der Waals surface area contributed by atoms with E-state index in [4.69, 9.17) is 4.74 Å². The second-order valence-corrected chi connectivity index (χ2v) is 11.4. The maximum Gasteiger partial charge on any atom is 0.265 e. The summed E-state index contributed by atoms with van der Waals surface area (Å²) in [5, 5.41) is 0. The van der Waals surface area contributed by atoms with E-state index >= 15 is 0 Å². The Bertz CT molecular complexity index is 962. The molecule has 32 heavy (non-hydrogen) atoms. The van der Waals surface area contributed by atoms with Crippen LogP contribution in [0.1, 0.15) is 46.0 Å². The molecule has 3 heterocycles. The Morgan fingerprint density at radius 3 is 2.38 bits per heavy atom. The third kappa shape index (κ3) is 4.78. The Hall–Kier alpha value is -2.13. The minimum absolute atomic E-state index is 0.109. The molecule has 9 heteroatoms. The minimum atomic E-state index is -3.68. The molecule has 0 spiro atoms. The average Bonchev–Trinajstić information content (AvgIpc) is 3.05. The van der Waals surface area contributed by atoms with E-state index < -0.39 is 10.0 Å². The maximum atomic E-state index is 13.3. The van der Waals surface area contributed by atoms with Crippen LogP contribution >= 0.6 is 0 Å². The Kier molecular flexibility index (Phi) is 6.76. The summed E-state index contributed by atoms with van der Waals surface area (Å²) >= 11 is 0. The van der Waals surface area contributed by atoms with E-state index in [2.05, 4.69) is 13.8 Å². The number of fused-ring (bicyclic) bond motifs is 1. The van der Waals surface area contributed by atoms with Gasteiger partial charge in [0.2, 0.25) is 15.9 Å². The van der Waals surface area contributed by atoms with Crippen molar-refractivity contribution in [2.75, 3.05) is 44.2 Å². The second-order valence-electron chi connectivity index (χ2n) is 9.46. The fourth-order valence-electron chi connectivity index (χ4n) is 5.05. The molecule has 0 radical (unpaired) electrons. The van der Waals surface area contributed by atoms with Gasteiger partial charge in [-0.2, -0.15) is 4.31 Å². The second kappa shape index (κ2) is 9.39. The van der Waals surface area contributed by atoms with Crippen LogP contribution in [0.4, 0.5) is 5.69 Å². The quantitative estimate of drug-likeness (QED) is 0.685. The van der Waals surface area contributed by atoms with Crippen LogP contribution in [0.15, 0.2) is 23.1 Å². The van der Waals surface area contributed by atoms with Crippen LogP contribution in [0.5, 0.6) is 5.75 Å². The first-order valence-corrected chi connectivity index (χ1v) is 13.0. The lowest BCUT2D eigenvalue weighted by atomic mass is 9.92. The standard InChI is InChI=1S/C23H33N3O5S/c1-17-11-18(2)14-24(13-17)22(27)15-26-20-12-19(7-8-21(20)31-16-23(26)28)32(29,30)25-9-5-3-4-6-10-25/h7-8,12,17-18H,3-6,9-11,13-16H2,1-2H3. The van der Waals surface area contributed by atoms with E-state index in [0.717, 1.165) is 32.1 Å². The zero-order chi connectivity index (χ0) is 22.9. The molecule has 0 aliphatic carbocycles. The average molecular weight is 464 g/mol. The molecule has 2 amide bonds. The summed E-state index contributed by atoms with van der Waals surface area (Å²) < 4.78 is 33.6. The Morgan fingerprint density at radius 2 is 1.72 bits per heavy atom. The summed E-state index contributed by atoms with van der Waals surface area (Å²) in [5.74, 6) is 0.799. The van der Waals surface area contributed by atoms with Gasteiger partial charge in [-0.15, -0.1) is 0 Å². The summed E-state index contributed by atoms with van der Waals surface area (Å²) in [7, 11) is -3.68. The van der Waals surface area contributed by atoms with Crippen molar-refractivity contribution in [3.63, 3.8) is 0 Å². The molecule has 1 aromatic carbocycles. The number of amides is 2. The number of nitrogens with zero attached hydrogens (tertiary/aromatic N) is 3. The third-order valence-corrected chi connectivity index (χ3v) is 8.49. The summed E-state index contributed by atoms with van der Waals surface area (Å²) in [5.41, 5.74) is 0.351. The van der Waals surface area contributed by atoms with Crippen LogP contribution in [-0.4, -0.2) is 68.8 Å². The molecular formula is C23H33N3O5S. The van der Waals surface area contributed by atoms with Gasteiger partial charge in [-0.3, -0.25) is 14.5 Å². The van der Waals surface area contributed by atoms with E-state index in [9.17, 15) is 18.0 Å². The van der Waals surface area contributed by atoms with Crippen molar-refractivity contribution in [3.8, 4) is 5.75 Å². The normalized spacial score (nSPS) is 25.1. The Morgan fingerprint density at radius 1 is 1.06 bits per heavy atom. The Balaban J connectivity index is 1.59. The summed E-state index contributed by atoms with van der Waals surface area (Å²) in [6.07, 6.45) is 4.84. The van der Waals surface area contributed by atoms with Crippen molar-refractivity contribution in [1.82, 2.24) is 9.21 Å². The first-order valence-electron chi connectivity index (χ1n) is 11.6. The van der Waals surface area contributed by atoms with Crippen LogP contribution in [0.2, 0.25) is 0 Å². The third-order valence-electron chi connectivity index (χ3n) is 6.59. The van der Waals surface area contributed by atoms with E-state index in [1.165, 1.54) is 21.3 Å². The molecule has 2 unspecified atom stereocenters. The summed E-state index contributed by atoms with van der Waals surface area (Å²) in [6.45, 7) is 6.35. The van der Waals surface area contributed by atoms with E-state index in [1.54, 1.807) is 6.07 Å². The topological polar surface area (TPSA) is 87.2 Å². The zero-order valence-corrected chi connectivity index (χ0v) is 19.8. The minimum Gasteiger partial charge on any atom is -0.482 e. The highest BCUT2D eigenvalue weighted by Gasteiger charge is 2.33. The van der Waals surface area contributed by atoms with Gasteiger partial charge in [0, 0.05) is 26.2 Å². The van der Waals surface area contributed by atoms with Gasteiger partial charge in [-0.25, -0.2) is 8.42 Å². The summed E-state index contributed by atoms with van der Waals surface area (Å²) in [6, 6.07) is 4.61. The van der Waals surface area contributed by atoms with E-state index in [1.807, 2.05) is 4.90 Å². The molecule has 4 rings (SSSR count). The number of rotatable bonds is 4. The van der Waals surface area contributed by atoms with Gasteiger partial charge in [0.05, 0.1) is 10.6 Å². The van der Waals surface area contributed by atoms with Crippen molar-refractivity contribution in [2.24, 2.45) is 11.8 Å². The van der Waals surface area contributed by atoms with Crippen molar-refractivity contribution in [3.05, 3.63) is 18.2 Å². The lowest BCUT2D eigenvalue weighted by Crippen LogP contribution is -2.50. The first-order chi connectivity index (χ1) is 15.3. The van der Waals surface area contributed by atoms with Gasteiger partial charge in [0.15, 0.2) is 6.61 Å². The van der Waals surface area contributed by atoms with Crippen LogP contribution in [0.25, 0.3) is 0 Å². The number of piperidine rings is 1. The van der Waals surface area contributed by atoms with Crippen molar-refractivity contribution in [1.29, 1.82) is 0 Å². The van der Waals surface area contributed by atoms with Gasteiger partial charge in [-0.05, 0) is 49.3 Å². The van der Waals surface area contributed by atoms with E-state index in [-0.39, 0.29) is 29.9 Å². The lowest BCUT2D eigenvalue weighted by molar-refractivity contribution is -0.134. The fourth-order valence-corrected chi connectivity index (χ4v) is 6.59. The Labute approximate surface area is 190 Å². The molecule has 0 N–H and O–H groups in total. The van der Waals surface area contributed by atoms with Gasteiger partial charge < -0.3 is 9.64 Å². The molecule has 0 bridgehead atoms. The smallest absolute Gasteiger partial charge is 0.265 e. The van der Waals surface area contributed by atoms with Gasteiger partial charge in [-0.1, -0.05) is 26.7 Å². The number of ether oxygens (including phenoxy) is 1. The van der Waals surface area contributed by atoms with Gasteiger partial charge in [0.1, 0.15) is 12.3 Å². The van der Waals surface area contributed by atoms with Crippen LogP contribution in [0.3, 0.4) is 0 Å². The predicted molar refractivity (Wildman–Crippen MR) is 121 cm³/mol. The molecular weight excluding hydrogens is 430 g/mol. The lowest BCUT2D eigenvalue weighted by Gasteiger charge is -2.37. The SMILES string of the molecule is CC1CC(C)CN(C(=O)CN2C(=O)COc3ccc(S(=O)(=O)N4CCCCCC4)cc32)C1. The highest BCUT2D eigenvalue weighted by atomic mass is 32.2. The zero-order valence-electron chi connectivity index (χ0n) is 19.0. The molecule has 3 aliphatic rings. The number of sulfonamides is 1. The highest BCUT2D eigenvalue weighted by molar-refractivity contribution is 7.89. The maximum absolute atomic E-state index is 13.3. The number of hydrogen-bond acceptors (Lipinski definition) is 5. The van der Waals surface area contributed by atoms with Crippen molar-refractivity contribution < 1.29 is 22.7 Å². The molecule has 1 aromatic rings. The largest absolute Gasteiger partial charge is 0.482 e. The number of hydrogen-bond donors (Lipinski definition) is 0. The van der Waals surface area contributed by atoms with Gasteiger partial charge in [0.25, 0.3) is 5.91 Å². The molecule has 0 aromatic heterocycles. The molecule has 2 saturated heterocycles. The molecule has 2 fully saturated rings. The predicted octanol–water partition coefficient (Wildman–Crippen LogP) is 2.48. The monoisotopic (exact) mass is 463 g/mol.